The van der Waals surface area contributed by atoms with E-state index in [-0.39, 0.29) is 12.3 Å². The van der Waals surface area contributed by atoms with Crippen molar-refractivity contribution in [3.05, 3.63) is 35.9 Å². The van der Waals surface area contributed by atoms with E-state index in [1.807, 2.05) is 24.3 Å². The van der Waals surface area contributed by atoms with Crippen LogP contribution in [0.2, 0.25) is 0 Å². The van der Waals surface area contributed by atoms with Crippen LogP contribution in [0.1, 0.15) is 56.9 Å². The van der Waals surface area contributed by atoms with Crippen LogP contribution >= 0.6 is 0 Å². The highest BCUT2D eigenvalue weighted by Crippen LogP contribution is 2.34. The summed E-state index contributed by atoms with van der Waals surface area (Å²) in [7, 11) is 1.67. The lowest BCUT2D eigenvalue weighted by Gasteiger charge is -2.15. The first-order valence-electron chi connectivity index (χ1n) is 9.17. The van der Waals surface area contributed by atoms with E-state index in [0.717, 1.165) is 49.8 Å². The lowest BCUT2D eigenvalue weighted by atomic mass is 9.89. The van der Waals surface area contributed by atoms with Gasteiger partial charge in [-0.2, -0.15) is 0 Å². The minimum absolute atomic E-state index is 0.116. The van der Waals surface area contributed by atoms with Crippen LogP contribution in [0.5, 0.6) is 5.75 Å². The van der Waals surface area contributed by atoms with Crippen molar-refractivity contribution in [2.45, 2.75) is 51.4 Å². The summed E-state index contributed by atoms with van der Waals surface area (Å²) in [6, 6.07) is 7.89. The van der Waals surface area contributed by atoms with E-state index in [1.54, 1.807) is 7.11 Å². The lowest BCUT2D eigenvalue weighted by molar-refractivity contribution is -0.137. The summed E-state index contributed by atoms with van der Waals surface area (Å²) in [5.74, 6) is 0.910. The molecular formula is C21H28O4. The van der Waals surface area contributed by atoms with Gasteiger partial charge in [0.15, 0.2) is 0 Å². The number of hydrogen-bond acceptors (Lipinski definition) is 3. The fourth-order valence-electron chi connectivity index (χ4n) is 3.57. The highest BCUT2D eigenvalue weighted by Gasteiger charge is 2.32. The van der Waals surface area contributed by atoms with E-state index < -0.39 is 5.97 Å². The van der Waals surface area contributed by atoms with Crippen molar-refractivity contribution >= 4 is 17.8 Å². The molecule has 0 radical (unpaired) electrons. The van der Waals surface area contributed by atoms with Gasteiger partial charge in [0.2, 0.25) is 0 Å². The molecule has 2 atom stereocenters. The molecule has 136 valence electrons. The Bertz CT molecular complexity index is 606. The van der Waals surface area contributed by atoms with Crippen molar-refractivity contribution in [3.8, 4) is 5.75 Å². The highest BCUT2D eigenvalue weighted by molar-refractivity contribution is 5.84. The number of para-hydroxylation sites is 1. The number of benzene rings is 1. The number of rotatable bonds is 10. The standard InChI is InChI=1S/C21H28O4/c1-25-20-10-7-6-8-17(20)13-12-16-14-15-19(22)18(16)9-4-2-3-5-11-21(23)24/h6-8,10,12-13,16,18H,2-5,9,11,14-15H2,1H3,(H,23,24)/b13-12+. The Morgan fingerprint density at radius 3 is 2.76 bits per heavy atom. The van der Waals surface area contributed by atoms with Crippen LogP contribution in [0.15, 0.2) is 30.3 Å². The Morgan fingerprint density at radius 1 is 1.24 bits per heavy atom. The number of carboxylic acids is 1. The largest absolute Gasteiger partial charge is 0.496 e. The minimum atomic E-state index is -0.729. The van der Waals surface area contributed by atoms with Crippen molar-refractivity contribution in [2.75, 3.05) is 7.11 Å². The van der Waals surface area contributed by atoms with E-state index >= 15 is 0 Å². The first kappa shape index (κ1) is 19.2. The second kappa shape index (κ2) is 10.0. The first-order valence-corrected chi connectivity index (χ1v) is 9.17. The van der Waals surface area contributed by atoms with Gasteiger partial charge in [-0.05, 0) is 31.2 Å². The predicted molar refractivity (Wildman–Crippen MR) is 98.6 cm³/mol. The number of methoxy groups -OCH3 is 1. The molecule has 2 unspecified atom stereocenters. The summed E-state index contributed by atoms with van der Waals surface area (Å²) < 4.78 is 5.37. The molecule has 0 spiro atoms. The zero-order valence-electron chi connectivity index (χ0n) is 14.9. The topological polar surface area (TPSA) is 63.6 Å². The second-order valence-electron chi connectivity index (χ2n) is 6.72. The van der Waals surface area contributed by atoms with Crippen LogP contribution in [0.3, 0.4) is 0 Å². The maximum absolute atomic E-state index is 12.2. The number of allylic oxidation sites excluding steroid dienone is 1. The number of carbonyl (C=O) groups is 2. The smallest absolute Gasteiger partial charge is 0.303 e. The molecule has 0 bridgehead atoms. The average molecular weight is 344 g/mol. The van der Waals surface area contributed by atoms with Gasteiger partial charge in [0.1, 0.15) is 11.5 Å². The number of Topliss-reactive ketones (excluding diaryl/α,β-unsaturated/α-hetero) is 1. The Labute approximate surface area is 149 Å². The third kappa shape index (κ3) is 6.04. The number of hydrogen-bond donors (Lipinski definition) is 1. The minimum Gasteiger partial charge on any atom is -0.496 e. The van der Waals surface area contributed by atoms with E-state index in [0.29, 0.717) is 18.1 Å². The molecule has 0 aromatic heterocycles. The molecule has 1 N–H and O–H groups in total. The highest BCUT2D eigenvalue weighted by atomic mass is 16.5. The second-order valence-corrected chi connectivity index (χ2v) is 6.72. The summed E-state index contributed by atoms with van der Waals surface area (Å²) in [4.78, 5) is 22.7. The van der Waals surface area contributed by atoms with Crippen LogP contribution in [-0.4, -0.2) is 24.0 Å². The molecule has 0 heterocycles. The molecule has 1 aromatic carbocycles. The van der Waals surface area contributed by atoms with Crippen molar-refractivity contribution in [2.24, 2.45) is 11.8 Å². The maximum atomic E-state index is 12.2. The molecule has 4 nitrogen and oxygen atoms in total. The van der Waals surface area contributed by atoms with Crippen molar-refractivity contribution in [3.63, 3.8) is 0 Å². The fourth-order valence-corrected chi connectivity index (χ4v) is 3.57. The number of aliphatic carboxylic acids is 1. The zero-order valence-corrected chi connectivity index (χ0v) is 14.9. The number of carbonyl (C=O) groups excluding carboxylic acids is 1. The molecule has 0 saturated heterocycles. The molecule has 1 aromatic rings. The van der Waals surface area contributed by atoms with Crippen LogP contribution in [0.4, 0.5) is 0 Å². The summed E-state index contributed by atoms with van der Waals surface area (Å²) in [6.45, 7) is 0. The Balaban J connectivity index is 1.84. The van der Waals surface area contributed by atoms with Crippen LogP contribution in [0, 0.1) is 11.8 Å². The molecule has 1 aliphatic rings. The summed E-state index contributed by atoms with van der Waals surface area (Å²) >= 11 is 0. The summed E-state index contributed by atoms with van der Waals surface area (Å²) in [5, 5.41) is 8.64. The van der Waals surface area contributed by atoms with Gasteiger partial charge in [-0.25, -0.2) is 0 Å². The van der Waals surface area contributed by atoms with E-state index in [2.05, 4.69) is 12.2 Å². The van der Waals surface area contributed by atoms with Crippen molar-refractivity contribution < 1.29 is 19.4 Å². The number of ether oxygens (including phenoxy) is 1. The lowest BCUT2D eigenvalue weighted by Crippen LogP contribution is -2.13. The maximum Gasteiger partial charge on any atom is 0.303 e. The summed E-state index contributed by atoms with van der Waals surface area (Å²) in [6.07, 6.45) is 10.6. The monoisotopic (exact) mass is 344 g/mol. The molecule has 1 aliphatic carbocycles. The van der Waals surface area contributed by atoms with Gasteiger partial charge in [-0.3, -0.25) is 9.59 Å². The van der Waals surface area contributed by atoms with Gasteiger partial charge in [-0.15, -0.1) is 0 Å². The van der Waals surface area contributed by atoms with Gasteiger partial charge < -0.3 is 9.84 Å². The quantitative estimate of drug-likeness (QED) is 0.623. The Morgan fingerprint density at radius 2 is 2.00 bits per heavy atom. The SMILES string of the molecule is COc1ccccc1/C=C/C1CCC(=O)C1CCCCCCC(=O)O. The number of ketones is 1. The summed E-state index contributed by atoms with van der Waals surface area (Å²) in [5.41, 5.74) is 1.04. The molecule has 4 heteroatoms. The normalized spacial score (nSPS) is 20.3. The number of unbranched alkanes of at least 4 members (excludes halogenated alkanes) is 3. The van der Waals surface area contributed by atoms with Crippen LogP contribution < -0.4 is 4.74 Å². The molecule has 0 amide bonds. The van der Waals surface area contributed by atoms with Crippen LogP contribution in [0.25, 0.3) is 6.08 Å². The molecule has 1 saturated carbocycles. The molecule has 0 aliphatic heterocycles. The molecular weight excluding hydrogens is 316 g/mol. The van der Waals surface area contributed by atoms with E-state index in [1.165, 1.54) is 0 Å². The van der Waals surface area contributed by atoms with Gasteiger partial charge in [0, 0.05) is 24.3 Å². The third-order valence-electron chi connectivity index (χ3n) is 4.97. The van der Waals surface area contributed by atoms with Gasteiger partial charge in [-0.1, -0.05) is 49.6 Å². The zero-order chi connectivity index (χ0) is 18.1. The van der Waals surface area contributed by atoms with Gasteiger partial charge in [0.25, 0.3) is 0 Å². The van der Waals surface area contributed by atoms with E-state index in [9.17, 15) is 9.59 Å². The molecule has 2 rings (SSSR count). The first-order chi connectivity index (χ1) is 12.1. The van der Waals surface area contributed by atoms with Crippen LogP contribution in [-0.2, 0) is 9.59 Å². The van der Waals surface area contributed by atoms with Gasteiger partial charge in [0.05, 0.1) is 7.11 Å². The Kier molecular flexibility index (Phi) is 7.71. The van der Waals surface area contributed by atoms with Crippen molar-refractivity contribution in [1.82, 2.24) is 0 Å². The molecule has 1 fully saturated rings. The van der Waals surface area contributed by atoms with E-state index in [4.69, 9.17) is 9.84 Å². The molecule has 25 heavy (non-hydrogen) atoms. The van der Waals surface area contributed by atoms with Gasteiger partial charge >= 0.3 is 5.97 Å². The van der Waals surface area contributed by atoms with Crippen molar-refractivity contribution in [1.29, 1.82) is 0 Å². The predicted octanol–water partition coefficient (Wildman–Crippen LogP) is 4.73. The number of carboxylic acid groups (broad SMARTS) is 1. The third-order valence-corrected chi connectivity index (χ3v) is 4.97. The Hall–Kier alpha value is -2.10. The fraction of sp³-hybridized carbons (Fsp3) is 0.524. The average Bonchev–Trinajstić information content (AvgIpc) is 2.96.